The molecule has 0 aliphatic carbocycles. The van der Waals surface area contributed by atoms with Gasteiger partial charge in [0, 0.05) is 3.57 Å². The van der Waals surface area contributed by atoms with Gasteiger partial charge in [-0.2, -0.15) is 0 Å². The summed E-state index contributed by atoms with van der Waals surface area (Å²) in [6.07, 6.45) is 0. The van der Waals surface area contributed by atoms with Gasteiger partial charge in [0.05, 0.1) is 22.9 Å². The SMILES string of the molecule is CCOc1ccccc1C(=O)Nc1ccc(I)cc1Cl. The van der Waals surface area contributed by atoms with E-state index in [-0.39, 0.29) is 5.91 Å². The molecule has 0 heterocycles. The van der Waals surface area contributed by atoms with E-state index < -0.39 is 0 Å². The second-order valence-electron chi connectivity index (χ2n) is 4.01. The fourth-order valence-electron chi connectivity index (χ4n) is 1.72. The molecule has 3 nitrogen and oxygen atoms in total. The summed E-state index contributed by atoms with van der Waals surface area (Å²) in [5.41, 5.74) is 1.08. The van der Waals surface area contributed by atoms with Crippen molar-refractivity contribution in [2.75, 3.05) is 11.9 Å². The number of nitrogens with one attached hydrogen (secondary N) is 1. The van der Waals surface area contributed by atoms with E-state index in [2.05, 4.69) is 27.9 Å². The van der Waals surface area contributed by atoms with Crippen LogP contribution in [0.1, 0.15) is 17.3 Å². The molecular formula is C15H13ClINO2. The van der Waals surface area contributed by atoms with E-state index in [1.54, 1.807) is 30.3 Å². The van der Waals surface area contributed by atoms with Gasteiger partial charge in [-0.15, -0.1) is 0 Å². The largest absolute Gasteiger partial charge is 0.493 e. The zero-order valence-corrected chi connectivity index (χ0v) is 13.7. The first kappa shape index (κ1) is 15.1. The minimum Gasteiger partial charge on any atom is -0.493 e. The second-order valence-corrected chi connectivity index (χ2v) is 5.66. The van der Waals surface area contributed by atoms with Gasteiger partial charge in [0.15, 0.2) is 0 Å². The smallest absolute Gasteiger partial charge is 0.259 e. The van der Waals surface area contributed by atoms with Crippen molar-refractivity contribution in [3.63, 3.8) is 0 Å². The molecule has 0 spiro atoms. The highest BCUT2D eigenvalue weighted by Gasteiger charge is 2.13. The Balaban J connectivity index is 2.24. The quantitative estimate of drug-likeness (QED) is 0.761. The molecule has 0 radical (unpaired) electrons. The summed E-state index contributed by atoms with van der Waals surface area (Å²) < 4.78 is 6.46. The third-order valence-corrected chi connectivity index (χ3v) is 3.59. The van der Waals surface area contributed by atoms with Crippen molar-refractivity contribution in [1.82, 2.24) is 0 Å². The van der Waals surface area contributed by atoms with Gasteiger partial charge in [-0.25, -0.2) is 0 Å². The molecule has 20 heavy (non-hydrogen) atoms. The first-order chi connectivity index (χ1) is 9.61. The van der Waals surface area contributed by atoms with Crippen LogP contribution in [0.25, 0.3) is 0 Å². The minimum absolute atomic E-state index is 0.239. The highest BCUT2D eigenvalue weighted by molar-refractivity contribution is 14.1. The number of carbonyl (C=O) groups is 1. The van der Waals surface area contributed by atoms with Crippen LogP contribution in [0.4, 0.5) is 5.69 Å². The summed E-state index contributed by atoms with van der Waals surface area (Å²) in [5.74, 6) is 0.325. The normalized spacial score (nSPS) is 10.2. The number of amides is 1. The van der Waals surface area contributed by atoms with Crippen LogP contribution in [0.15, 0.2) is 42.5 Å². The van der Waals surface area contributed by atoms with Gasteiger partial charge in [-0.1, -0.05) is 23.7 Å². The monoisotopic (exact) mass is 401 g/mol. The molecule has 2 rings (SSSR count). The van der Waals surface area contributed by atoms with E-state index in [4.69, 9.17) is 16.3 Å². The van der Waals surface area contributed by atoms with Gasteiger partial charge in [0.1, 0.15) is 5.75 Å². The van der Waals surface area contributed by atoms with Crippen LogP contribution in [0, 0.1) is 3.57 Å². The van der Waals surface area contributed by atoms with E-state index in [1.165, 1.54) is 0 Å². The summed E-state index contributed by atoms with van der Waals surface area (Å²) in [6, 6.07) is 12.6. The lowest BCUT2D eigenvalue weighted by atomic mass is 10.2. The first-order valence-electron chi connectivity index (χ1n) is 6.10. The van der Waals surface area contributed by atoms with Crippen molar-refractivity contribution in [1.29, 1.82) is 0 Å². The van der Waals surface area contributed by atoms with Crippen LogP contribution in [0.5, 0.6) is 5.75 Å². The van der Waals surface area contributed by atoms with Gasteiger partial charge >= 0.3 is 0 Å². The van der Waals surface area contributed by atoms with Crippen LogP contribution in [-0.2, 0) is 0 Å². The number of rotatable bonds is 4. The zero-order valence-electron chi connectivity index (χ0n) is 10.8. The van der Waals surface area contributed by atoms with Gasteiger partial charge < -0.3 is 10.1 Å². The molecule has 1 amide bonds. The fourth-order valence-corrected chi connectivity index (χ4v) is 2.62. The lowest BCUT2D eigenvalue weighted by molar-refractivity contribution is 0.102. The Morgan fingerprint density at radius 1 is 1.30 bits per heavy atom. The maximum Gasteiger partial charge on any atom is 0.259 e. The van der Waals surface area contributed by atoms with Crippen molar-refractivity contribution < 1.29 is 9.53 Å². The van der Waals surface area contributed by atoms with E-state index in [0.29, 0.717) is 28.6 Å². The molecule has 0 aliphatic heterocycles. The van der Waals surface area contributed by atoms with Crippen LogP contribution in [0.3, 0.4) is 0 Å². The number of hydrogen-bond acceptors (Lipinski definition) is 2. The molecule has 0 aromatic heterocycles. The zero-order chi connectivity index (χ0) is 14.5. The standard InChI is InChI=1S/C15H13ClINO2/c1-2-20-14-6-4-3-5-11(14)15(19)18-13-8-7-10(17)9-12(13)16/h3-9H,2H2,1H3,(H,18,19). The number of carbonyl (C=O) groups excluding carboxylic acids is 1. The lowest BCUT2D eigenvalue weighted by Gasteiger charge is -2.11. The number of halogens is 2. The number of ether oxygens (including phenoxy) is 1. The van der Waals surface area contributed by atoms with Crippen LogP contribution < -0.4 is 10.1 Å². The topological polar surface area (TPSA) is 38.3 Å². The van der Waals surface area contributed by atoms with E-state index >= 15 is 0 Å². The van der Waals surface area contributed by atoms with Crippen molar-refractivity contribution in [3.05, 3.63) is 56.6 Å². The molecule has 0 atom stereocenters. The molecule has 5 heteroatoms. The predicted molar refractivity (Wildman–Crippen MR) is 89.7 cm³/mol. The number of anilines is 1. The Labute approximate surface area is 136 Å². The lowest BCUT2D eigenvalue weighted by Crippen LogP contribution is -2.14. The molecule has 1 N–H and O–H groups in total. The molecule has 0 unspecified atom stereocenters. The average molecular weight is 402 g/mol. The van der Waals surface area contributed by atoms with Crippen molar-refractivity contribution in [3.8, 4) is 5.75 Å². The molecule has 104 valence electrons. The average Bonchev–Trinajstić information content (AvgIpc) is 2.43. The maximum atomic E-state index is 12.3. The van der Waals surface area contributed by atoms with Gasteiger partial charge in [0.25, 0.3) is 5.91 Å². The number of hydrogen-bond donors (Lipinski definition) is 1. The molecule has 0 saturated carbocycles. The third-order valence-electron chi connectivity index (χ3n) is 2.61. The summed E-state index contributed by atoms with van der Waals surface area (Å²) in [7, 11) is 0. The van der Waals surface area contributed by atoms with Crippen molar-refractivity contribution in [2.45, 2.75) is 6.92 Å². The van der Waals surface area contributed by atoms with Gasteiger partial charge in [-0.3, -0.25) is 4.79 Å². The van der Waals surface area contributed by atoms with E-state index in [0.717, 1.165) is 3.57 Å². The molecule has 0 fully saturated rings. The molecule has 2 aromatic carbocycles. The van der Waals surface area contributed by atoms with E-state index in [1.807, 2.05) is 19.1 Å². The third kappa shape index (κ3) is 3.64. The number of benzene rings is 2. The molecular weight excluding hydrogens is 389 g/mol. The Bertz CT molecular complexity index is 631. The second kappa shape index (κ2) is 6.95. The summed E-state index contributed by atoms with van der Waals surface area (Å²) in [4.78, 5) is 12.3. The maximum absolute atomic E-state index is 12.3. The molecule has 0 saturated heterocycles. The Morgan fingerprint density at radius 2 is 2.05 bits per heavy atom. The Kier molecular flexibility index (Phi) is 5.25. The fraction of sp³-hybridized carbons (Fsp3) is 0.133. The van der Waals surface area contributed by atoms with Crippen LogP contribution >= 0.6 is 34.2 Å². The molecule has 2 aromatic rings. The van der Waals surface area contributed by atoms with Gasteiger partial charge in [0.2, 0.25) is 0 Å². The van der Waals surface area contributed by atoms with Crippen LogP contribution in [0.2, 0.25) is 5.02 Å². The number of para-hydroxylation sites is 1. The minimum atomic E-state index is -0.239. The summed E-state index contributed by atoms with van der Waals surface area (Å²) in [5, 5.41) is 3.31. The van der Waals surface area contributed by atoms with E-state index in [9.17, 15) is 4.79 Å². The molecule has 0 aliphatic rings. The van der Waals surface area contributed by atoms with Crippen LogP contribution in [-0.4, -0.2) is 12.5 Å². The Hall–Kier alpha value is -1.27. The Morgan fingerprint density at radius 3 is 2.75 bits per heavy atom. The molecule has 0 bridgehead atoms. The summed E-state index contributed by atoms with van der Waals surface area (Å²) in [6.45, 7) is 2.39. The highest BCUT2D eigenvalue weighted by atomic mass is 127. The van der Waals surface area contributed by atoms with Crippen molar-refractivity contribution in [2.24, 2.45) is 0 Å². The summed E-state index contributed by atoms with van der Waals surface area (Å²) >= 11 is 8.28. The predicted octanol–water partition coefficient (Wildman–Crippen LogP) is 4.60. The van der Waals surface area contributed by atoms with Crippen molar-refractivity contribution >= 4 is 45.8 Å². The van der Waals surface area contributed by atoms with Gasteiger partial charge in [-0.05, 0) is 59.8 Å². The first-order valence-corrected chi connectivity index (χ1v) is 7.55. The highest BCUT2D eigenvalue weighted by Crippen LogP contribution is 2.26.